The van der Waals surface area contributed by atoms with Crippen LogP contribution in [0.2, 0.25) is 10.0 Å². The van der Waals surface area contributed by atoms with Crippen LogP contribution in [0.4, 0.5) is 5.69 Å². The predicted molar refractivity (Wildman–Crippen MR) is 110 cm³/mol. The Bertz CT molecular complexity index is 1080. The summed E-state index contributed by atoms with van der Waals surface area (Å²) in [4.78, 5) is 39.3. The Labute approximate surface area is 177 Å². The molecule has 1 aliphatic heterocycles. The van der Waals surface area contributed by atoms with E-state index in [1.165, 1.54) is 30.3 Å². The summed E-state index contributed by atoms with van der Waals surface area (Å²) in [7, 11) is -3.44. The standard InChI is InChI=1S/C19H16Cl2N2O5S/c1-29(27,28)9-8-16(17(24)22-15-7-6-11(20)10-14(15)21)23-18(25)12-4-2-3-5-13(12)19(23)26/h2-7,10,16H,8-9H2,1H3,(H,22,24). The van der Waals surface area contributed by atoms with E-state index in [-0.39, 0.29) is 34.0 Å². The second-order valence-electron chi connectivity index (χ2n) is 6.57. The Morgan fingerprint density at radius 2 is 1.66 bits per heavy atom. The highest BCUT2D eigenvalue weighted by Crippen LogP contribution is 2.29. The lowest BCUT2D eigenvalue weighted by atomic mass is 10.1. The number of imide groups is 1. The van der Waals surface area contributed by atoms with Gasteiger partial charge in [-0.1, -0.05) is 35.3 Å². The monoisotopic (exact) mass is 454 g/mol. The molecule has 2 aromatic carbocycles. The third-order valence-corrected chi connectivity index (χ3v) is 5.92. The molecule has 0 aromatic heterocycles. The number of nitrogens with zero attached hydrogens (tertiary/aromatic N) is 1. The molecule has 0 radical (unpaired) electrons. The first-order valence-electron chi connectivity index (χ1n) is 8.49. The number of sulfone groups is 1. The van der Waals surface area contributed by atoms with Crippen LogP contribution < -0.4 is 5.32 Å². The Hall–Kier alpha value is -2.42. The van der Waals surface area contributed by atoms with E-state index in [4.69, 9.17) is 23.2 Å². The number of amides is 3. The second-order valence-corrected chi connectivity index (χ2v) is 9.68. The van der Waals surface area contributed by atoms with E-state index in [0.29, 0.717) is 5.02 Å². The minimum absolute atomic E-state index is 0.162. The van der Waals surface area contributed by atoms with Gasteiger partial charge in [0.1, 0.15) is 15.9 Å². The van der Waals surface area contributed by atoms with Crippen molar-refractivity contribution in [1.82, 2.24) is 4.90 Å². The Balaban J connectivity index is 1.93. The molecule has 1 heterocycles. The fourth-order valence-electron chi connectivity index (χ4n) is 3.00. The van der Waals surface area contributed by atoms with Crippen LogP contribution in [0.3, 0.4) is 0 Å². The van der Waals surface area contributed by atoms with Crippen LogP contribution in [0.5, 0.6) is 0 Å². The lowest BCUT2D eigenvalue weighted by Crippen LogP contribution is -2.48. The number of hydrogen-bond acceptors (Lipinski definition) is 5. The number of fused-ring (bicyclic) bond motifs is 1. The van der Waals surface area contributed by atoms with E-state index in [0.717, 1.165) is 11.2 Å². The summed E-state index contributed by atoms with van der Waals surface area (Å²) in [6, 6.07) is 9.25. The van der Waals surface area contributed by atoms with Gasteiger partial charge < -0.3 is 5.32 Å². The van der Waals surface area contributed by atoms with Gasteiger partial charge in [-0.15, -0.1) is 0 Å². The average Bonchev–Trinajstić information content (AvgIpc) is 2.89. The van der Waals surface area contributed by atoms with Crippen molar-refractivity contribution in [3.63, 3.8) is 0 Å². The van der Waals surface area contributed by atoms with Crippen molar-refractivity contribution < 1.29 is 22.8 Å². The Kier molecular flexibility index (Phi) is 5.97. The van der Waals surface area contributed by atoms with Gasteiger partial charge in [0.25, 0.3) is 11.8 Å². The van der Waals surface area contributed by atoms with Crippen molar-refractivity contribution in [2.45, 2.75) is 12.5 Å². The van der Waals surface area contributed by atoms with Gasteiger partial charge in [0.15, 0.2) is 0 Å². The molecule has 1 atom stereocenters. The zero-order valence-electron chi connectivity index (χ0n) is 15.2. The Morgan fingerprint density at radius 1 is 1.07 bits per heavy atom. The molecule has 1 aliphatic rings. The maximum absolute atomic E-state index is 13.0. The highest BCUT2D eigenvalue weighted by molar-refractivity contribution is 7.90. The molecule has 7 nitrogen and oxygen atoms in total. The van der Waals surface area contributed by atoms with Gasteiger partial charge in [0, 0.05) is 11.3 Å². The topological polar surface area (TPSA) is 101 Å². The molecule has 10 heteroatoms. The van der Waals surface area contributed by atoms with Crippen molar-refractivity contribution in [3.8, 4) is 0 Å². The van der Waals surface area contributed by atoms with Gasteiger partial charge >= 0.3 is 0 Å². The summed E-state index contributed by atoms with van der Waals surface area (Å²) in [6.07, 6.45) is 0.766. The quantitative estimate of drug-likeness (QED) is 0.675. The first-order valence-corrected chi connectivity index (χ1v) is 11.3. The van der Waals surface area contributed by atoms with Gasteiger partial charge in [-0.05, 0) is 36.8 Å². The summed E-state index contributed by atoms with van der Waals surface area (Å²) in [5.74, 6) is -2.41. The maximum Gasteiger partial charge on any atom is 0.262 e. The van der Waals surface area contributed by atoms with Crippen molar-refractivity contribution in [3.05, 3.63) is 63.6 Å². The van der Waals surface area contributed by atoms with Crippen molar-refractivity contribution >= 4 is 56.4 Å². The predicted octanol–water partition coefficient (Wildman–Crippen LogP) is 3.03. The molecule has 0 saturated carbocycles. The number of hydrogen-bond donors (Lipinski definition) is 1. The van der Waals surface area contributed by atoms with Crippen molar-refractivity contribution in [1.29, 1.82) is 0 Å². The first-order chi connectivity index (χ1) is 13.6. The molecule has 3 amide bonds. The highest BCUT2D eigenvalue weighted by atomic mass is 35.5. The van der Waals surface area contributed by atoms with Crippen LogP contribution in [0, 0.1) is 0 Å². The van der Waals surface area contributed by atoms with E-state index in [1.54, 1.807) is 12.1 Å². The van der Waals surface area contributed by atoms with Crippen molar-refractivity contribution in [2.24, 2.45) is 0 Å². The molecular weight excluding hydrogens is 439 g/mol. The van der Waals surface area contributed by atoms with E-state index in [1.807, 2.05) is 0 Å². The van der Waals surface area contributed by atoms with Crippen LogP contribution in [0.15, 0.2) is 42.5 Å². The fourth-order valence-corrected chi connectivity index (χ4v) is 4.11. The van der Waals surface area contributed by atoms with Gasteiger partial charge in [-0.3, -0.25) is 19.3 Å². The number of halogens is 2. The zero-order chi connectivity index (χ0) is 21.3. The molecule has 2 aromatic rings. The highest BCUT2D eigenvalue weighted by Gasteiger charge is 2.42. The molecule has 0 spiro atoms. The zero-order valence-corrected chi connectivity index (χ0v) is 17.5. The average molecular weight is 455 g/mol. The molecular formula is C19H16Cl2N2O5S. The molecule has 0 aliphatic carbocycles. The number of nitrogens with one attached hydrogen (secondary N) is 1. The van der Waals surface area contributed by atoms with Crippen molar-refractivity contribution in [2.75, 3.05) is 17.3 Å². The minimum Gasteiger partial charge on any atom is -0.323 e. The molecule has 3 rings (SSSR count). The van der Waals surface area contributed by atoms with E-state index in [2.05, 4.69) is 5.32 Å². The van der Waals surface area contributed by atoms with Crippen LogP contribution >= 0.6 is 23.2 Å². The largest absolute Gasteiger partial charge is 0.323 e. The first kappa shape index (κ1) is 21.3. The summed E-state index contributed by atoms with van der Waals surface area (Å²) in [5.41, 5.74) is 0.556. The minimum atomic E-state index is -3.44. The molecule has 0 saturated heterocycles. The molecule has 1 unspecified atom stereocenters. The summed E-state index contributed by atoms with van der Waals surface area (Å²) >= 11 is 11.9. The molecule has 0 fully saturated rings. The third-order valence-electron chi connectivity index (χ3n) is 4.39. The summed E-state index contributed by atoms with van der Waals surface area (Å²) in [5, 5.41) is 3.07. The van der Waals surface area contributed by atoms with E-state index in [9.17, 15) is 22.8 Å². The third kappa shape index (κ3) is 4.60. The Morgan fingerprint density at radius 3 is 2.17 bits per heavy atom. The second kappa shape index (κ2) is 8.14. The van der Waals surface area contributed by atoms with Gasteiger partial charge in [-0.2, -0.15) is 0 Å². The lowest BCUT2D eigenvalue weighted by Gasteiger charge is -2.25. The molecule has 1 N–H and O–H groups in total. The normalized spacial score (nSPS) is 14.7. The van der Waals surface area contributed by atoms with Gasteiger partial charge in [0.2, 0.25) is 5.91 Å². The number of carbonyl (C=O) groups excluding carboxylic acids is 3. The number of benzene rings is 2. The van der Waals surface area contributed by atoms with Crippen LogP contribution in [0.1, 0.15) is 27.1 Å². The smallest absolute Gasteiger partial charge is 0.262 e. The van der Waals surface area contributed by atoms with Crippen LogP contribution in [0.25, 0.3) is 0 Å². The fraction of sp³-hybridized carbons (Fsp3) is 0.211. The van der Waals surface area contributed by atoms with Crippen LogP contribution in [-0.4, -0.2) is 49.1 Å². The van der Waals surface area contributed by atoms with Crippen LogP contribution in [-0.2, 0) is 14.6 Å². The summed E-state index contributed by atoms with van der Waals surface area (Å²) < 4.78 is 23.3. The SMILES string of the molecule is CS(=O)(=O)CCC(C(=O)Nc1ccc(Cl)cc1Cl)N1C(=O)c2ccccc2C1=O. The number of anilines is 1. The lowest BCUT2D eigenvalue weighted by molar-refractivity contribution is -0.120. The van der Waals surface area contributed by atoms with E-state index >= 15 is 0 Å². The van der Waals surface area contributed by atoms with Gasteiger partial charge in [0.05, 0.1) is 27.6 Å². The molecule has 152 valence electrons. The molecule has 0 bridgehead atoms. The van der Waals surface area contributed by atoms with Gasteiger partial charge in [-0.25, -0.2) is 8.42 Å². The number of carbonyl (C=O) groups is 3. The molecule has 29 heavy (non-hydrogen) atoms. The number of rotatable bonds is 6. The maximum atomic E-state index is 13.0. The van der Waals surface area contributed by atoms with E-state index < -0.39 is 33.6 Å². The summed E-state index contributed by atoms with van der Waals surface area (Å²) in [6.45, 7) is 0.